The molecule has 3 nitrogen and oxygen atoms in total. The second-order valence-corrected chi connectivity index (χ2v) is 3.46. The van der Waals surface area contributed by atoms with Crippen LogP contribution in [-0.2, 0) is 6.42 Å². The number of halogens is 2. The molecule has 0 saturated heterocycles. The summed E-state index contributed by atoms with van der Waals surface area (Å²) in [6.07, 6.45) is 1.97. The van der Waals surface area contributed by atoms with Crippen molar-refractivity contribution in [1.29, 1.82) is 0 Å². The Bertz CT molecular complexity index is 320. The maximum absolute atomic E-state index is 13.8. The monoisotopic (exact) mass is 231 g/mol. The second-order valence-electron chi connectivity index (χ2n) is 3.08. The number of hydrogen-bond acceptors (Lipinski definition) is 3. The summed E-state index contributed by atoms with van der Waals surface area (Å²) in [7, 11) is 0. The van der Waals surface area contributed by atoms with Crippen LogP contribution in [-0.4, -0.2) is 28.9 Å². The van der Waals surface area contributed by atoms with E-state index >= 15 is 0 Å². The number of nitrogens with zero attached hydrogens (tertiary/aromatic N) is 3. The molecule has 0 aliphatic carbocycles. The van der Waals surface area contributed by atoms with Crippen LogP contribution in [0.3, 0.4) is 0 Å². The minimum atomic E-state index is -0.327. The molecule has 0 aliphatic heterocycles. The zero-order valence-electron chi connectivity index (χ0n) is 9.00. The van der Waals surface area contributed by atoms with Gasteiger partial charge < -0.3 is 4.90 Å². The van der Waals surface area contributed by atoms with Crippen LogP contribution in [0.25, 0.3) is 0 Å². The lowest BCUT2D eigenvalue weighted by atomic mass is 10.3. The van der Waals surface area contributed by atoms with Crippen LogP contribution in [0.4, 0.5) is 10.2 Å². The van der Waals surface area contributed by atoms with Crippen molar-refractivity contribution >= 4 is 17.4 Å². The smallest absolute Gasteiger partial charge is 0.187 e. The zero-order chi connectivity index (χ0) is 11.3. The third kappa shape index (κ3) is 2.78. The van der Waals surface area contributed by atoms with Gasteiger partial charge in [0.25, 0.3) is 0 Å². The molecule has 0 spiro atoms. The molecule has 84 valence electrons. The summed E-state index contributed by atoms with van der Waals surface area (Å²) in [6, 6.07) is 0. The highest BCUT2D eigenvalue weighted by Crippen LogP contribution is 2.17. The number of anilines is 1. The Morgan fingerprint density at radius 1 is 1.40 bits per heavy atom. The summed E-state index contributed by atoms with van der Waals surface area (Å²) in [4.78, 5) is 9.66. The van der Waals surface area contributed by atoms with E-state index in [1.165, 1.54) is 6.33 Å². The van der Waals surface area contributed by atoms with Gasteiger partial charge in [-0.1, -0.05) is 6.92 Å². The van der Waals surface area contributed by atoms with Crippen molar-refractivity contribution in [2.75, 3.05) is 23.9 Å². The molecule has 1 rings (SSSR count). The first-order chi connectivity index (χ1) is 7.24. The third-order valence-corrected chi connectivity index (χ3v) is 2.38. The molecule has 1 aromatic rings. The average molecular weight is 232 g/mol. The summed E-state index contributed by atoms with van der Waals surface area (Å²) in [5.41, 5.74) is 0.452. The van der Waals surface area contributed by atoms with E-state index < -0.39 is 0 Å². The SMILES string of the molecule is CCc1ncnc(N(CC)CCCl)c1F. The summed E-state index contributed by atoms with van der Waals surface area (Å²) in [6.45, 7) is 5.09. The Morgan fingerprint density at radius 3 is 2.67 bits per heavy atom. The lowest BCUT2D eigenvalue weighted by molar-refractivity contribution is 0.586. The van der Waals surface area contributed by atoms with Gasteiger partial charge in [0.1, 0.15) is 6.33 Å². The van der Waals surface area contributed by atoms with Crippen molar-refractivity contribution in [2.24, 2.45) is 0 Å². The Kier molecular flexibility index (Phi) is 4.75. The quantitative estimate of drug-likeness (QED) is 0.728. The van der Waals surface area contributed by atoms with Crippen molar-refractivity contribution in [1.82, 2.24) is 9.97 Å². The van der Waals surface area contributed by atoms with Crippen LogP contribution in [0, 0.1) is 5.82 Å². The average Bonchev–Trinajstić information content (AvgIpc) is 2.27. The van der Waals surface area contributed by atoms with Gasteiger partial charge in [-0.05, 0) is 13.3 Å². The minimum absolute atomic E-state index is 0.327. The standard InChI is InChI=1S/C10H15ClFN3/c1-3-8-9(12)10(14-7-13-8)15(4-2)6-5-11/h7H,3-6H2,1-2H3. The van der Waals surface area contributed by atoms with Crippen LogP contribution in [0.2, 0.25) is 0 Å². The van der Waals surface area contributed by atoms with E-state index in [0.29, 0.717) is 36.9 Å². The van der Waals surface area contributed by atoms with Gasteiger partial charge >= 0.3 is 0 Å². The van der Waals surface area contributed by atoms with E-state index in [4.69, 9.17) is 11.6 Å². The van der Waals surface area contributed by atoms with E-state index in [2.05, 4.69) is 9.97 Å². The van der Waals surface area contributed by atoms with E-state index in [0.717, 1.165) is 0 Å². The largest absolute Gasteiger partial charge is 0.353 e. The molecule has 0 aromatic carbocycles. The molecule has 5 heteroatoms. The maximum atomic E-state index is 13.8. The minimum Gasteiger partial charge on any atom is -0.353 e. The van der Waals surface area contributed by atoms with Gasteiger partial charge in [-0.2, -0.15) is 0 Å². The van der Waals surface area contributed by atoms with Crippen LogP contribution in [0.1, 0.15) is 19.5 Å². The summed E-state index contributed by atoms with van der Waals surface area (Å²) in [5, 5.41) is 0. The number of hydrogen-bond donors (Lipinski definition) is 0. The molecule has 0 unspecified atom stereocenters. The molecule has 0 saturated carbocycles. The fraction of sp³-hybridized carbons (Fsp3) is 0.600. The predicted molar refractivity (Wildman–Crippen MR) is 60.0 cm³/mol. The van der Waals surface area contributed by atoms with Crippen molar-refractivity contribution in [3.05, 3.63) is 17.8 Å². The fourth-order valence-corrected chi connectivity index (χ4v) is 1.58. The van der Waals surface area contributed by atoms with E-state index in [9.17, 15) is 4.39 Å². The maximum Gasteiger partial charge on any atom is 0.187 e. The van der Waals surface area contributed by atoms with Crippen LogP contribution in [0.15, 0.2) is 6.33 Å². The first kappa shape index (κ1) is 12.2. The van der Waals surface area contributed by atoms with Gasteiger partial charge in [0, 0.05) is 19.0 Å². The normalized spacial score (nSPS) is 10.4. The third-order valence-electron chi connectivity index (χ3n) is 2.21. The predicted octanol–water partition coefficient (Wildman–Crippen LogP) is 2.24. The topological polar surface area (TPSA) is 29.0 Å². The van der Waals surface area contributed by atoms with Crippen molar-refractivity contribution in [2.45, 2.75) is 20.3 Å². The number of rotatable bonds is 5. The molecular weight excluding hydrogens is 217 g/mol. The summed E-state index contributed by atoms with van der Waals surface area (Å²) in [5.74, 6) is 0.482. The van der Waals surface area contributed by atoms with Gasteiger partial charge in [-0.3, -0.25) is 0 Å². The molecule has 0 N–H and O–H groups in total. The lowest BCUT2D eigenvalue weighted by Crippen LogP contribution is -2.27. The van der Waals surface area contributed by atoms with E-state index in [-0.39, 0.29) is 5.82 Å². The van der Waals surface area contributed by atoms with Gasteiger partial charge in [0.2, 0.25) is 0 Å². The Labute approximate surface area is 94.3 Å². The van der Waals surface area contributed by atoms with E-state index in [1.807, 2.05) is 18.7 Å². The Hall–Kier alpha value is -0.900. The van der Waals surface area contributed by atoms with Crippen molar-refractivity contribution in [3.8, 4) is 0 Å². The molecule has 1 aromatic heterocycles. The van der Waals surface area contributed by atoms with Crippen LogP contribution in [0.5, 0.6) is 0 Å². The molecule has 0 aliphatic rings. The molecule has 0 amide bonds. The highest BCUT2D eigenvalue weighted by Gasteiger charge is 2.14. The lowest BCUT2D eigenvalue weighted by Gasteiger charge is -2.21. The molecular formula is C10H15ClFN3. The first-order valence-electron chi connectivity index (χ1n) is 5.04. The summed E-state index contributed by atoms with van der Waals surface area (Å²) >= 11 is 5.64. The molecule has 15 heavy (non-hydrogen) atoms. The second kappa shape index (κ2) is 5.85. The zero-order valence-corrected chi connectivity index (χ0v) is 9.76. The number of aryl methyl sites for hydroxylation is 1. The first-order valence-corrected chi connectivity index (χ1v) is 5.58. The Balaban J connectivity index is 3.01. The molecule has 0 fully saturated rings. The molecule has 0 atom stereocenters. The molecule has 1 heterocycles. The highest BCUT2D eigenvalue weighted by molar-refractivity contribution is 6.18. The highest BCUT2D eigenvalue weighted by atomic mass is 35.5. The van der Waals surface area contributed by atoms with Crippen LogP contribution >= 0.6 is 11.6 Å². The van der Waals surface area contributed by atoms with Gasteiger partial charge in [-0.25, -0.2) is 14.4 Å². The Morgan fingerprint density at radius 2 is 2.13 bits per heavy atom. The number of alkyl halides is 1. The fourth-order valence-electron chi connectivity index (χ4n) is 1.38. The van der Waals surface area contributed by atoms with E-state index in [1.54, 1.807) is 0 Å². The van der Waals surface area contributed by atoms with Crippen LogP contribution < -0.4 is 4.90 Å². The van der Waals surface area contributed by atoms with Gasteiger partial charge in [0.05, 0.1) is 5.69 Å². The van der Waals surface area contributed by atoms with Crippen molar-refractivity contribution < 1.29 is 4.39 Å². The van der Waals surface area contributed by atoms with Gasteiger partial charge in [0.15, 0.2) is 11.6 Å². The van der Waals surface area contributed by atoms with Gasteiger partial charge in [-0.15, -0.1) is 11.6 Å². The molecule has 0 bridgehead atoms. The summed E-state index contributed by atoms with van der Waals surface area (Å²) < 4.78 is 13.8. The molecule has 0 radical (unpaired) electrons. The van der Waals surface area contributed by atoms with Crippen molar-refractivity contribution in [3.63, 3.8) is 0 Å². The number of aromatic nitrogens is 2.